The molecule has 0 aliphatic rings. The summed E-state index contributed by atoms with van der Waals surface area (Å²) in [5.41, 5.74) is 3.03. The van der Waals surface area contributed by atoms with Gasteiger partial charge in [-0.25, -0.2) is 4.79 Å². The lowest BCUT2D eigenvalue weighted by Gasteiger charge is -2.18. The topological polar surface area (TPSA) is 68.3 Å². The van der Waals surface area contributed by atoms with Crippen molar-refractivity contribution in [3.05, 3.63) is 59.7 Å². The van der Waals surface area contributed by atoms with E-state index in [2.05, 4.69) is 0 Å². The molecule has 0 aromatic heterocycles. The van der Waals surface area contributed by atoms with Crippen LogP contribution in [0.15, 0.2) is 48.5 Å². The molecule has 0 saturated heterocycles. The van der Waals surface area contributed by atoms with E-state index in [-0.39, 0.29) is 19.1 Å². The number of allylic oxidation sites excluding steroid dienone is 1. The monoisotopic (exact) mass is 426 g/mol. The summed E-state index contributed by atoms with van der Waals surface area (Å²) < 4.78 is 15.8. The van der Waals surface area contributed by atoms with Crippen LogP contribution in [-0.4, -0.2) is 58.2 Å². The number of nitrogens with zero attached hydrogens (tertiary/aromatic N) is 2. The van der Waals surface area contributed by atoms with Crippen LogP contribution in [0.1, 0.15) is 18.1 Å². The number of likely N-dealkylation sites (N-methyl/N-ethyl adjacent to an activating group) is 1. The fourth-order valence-electron chi connectivity index (χ4n) is 2.79. The smallest absolute Gasteiger partial charge is 0.344 e. The normalized spacial score (nSPS) is 10.6. The van der Waals surface area contributed by atoms with Crippen LogP contribution in [-0.2, 0) is 20.9 Å². The molecule has 2 aromatic rings. The van der Waals surface area contributed by atoms with Crippen molar-refractivity contribution in [1.82, 2.24) is 4.90 Å². The fourth-order valence-corrected chi connectivity index (χ4v) is 2.79. The minimum absolute atomic E-state index is 0.293. The minimum Gasteiger partial charge on any atom is -0.493 e. The molecule has 7 heteroatoms. The lowest BCUT2D eigenvalue weighted by Crippen LogP contribution is -2.31. The molecule has 0 atom stereocenters. The highest BCUT2D eigenvalue weighted by Gasteiger charge is 2.14. The molecular formula is C24H30N2O5. The van der Waals surface area contributed by atoms with Crippen molar-refractivity contribution in [2.45, 2.75) is 13.5 Å². The van der Waals surface area contributed by atoms with E-state index in [9.17, 15) is 9.59 Å². The van der Waals surface area contributed by atoms with Gasteiger partial charge in [0.25, 0.3) is 5.91 Å². The van der Waals surface area contributed by atoms with E-state index >= 15 is 0 Å². The van der Waals surface area contributed by atoms with E-state index in [1.807, 2.05) is 74.5 Å². The number of methoxy groups -OCH3 is 1. The molecule has 1 amide bonds. The van der Waals surface area contributed by atoms with Crippen molar-refractivity contribution in [2.24, 2.45) is 0 Å². The average molecular weight is 427 g/mol. The van der Waals surface area contributed by atoms with Gasteiger partial charge in [0.1, 0.15) is 0 Å². The number of ether oxygens (including phenoxy) is 3. The minimum atomic E-state index is -0.628. The number of carbonyl (C=O) groups is 2. The van der Waals surface area contributed by atoms with Crippen molar-refractivity contribution in [3.8, 4) is 11.5 Å². The quantitative estimate of drug-likeness (QED) is 0.543. The Kier molecular flexibility index (Phi) is 8.94. The second-order valence-electron chi connectivity index (χ2n) is 7.17. The van der Waals surface area contributed by atoms with Gasteiger partial charge in [-0.3, -0.25) is 4.79 Å². The maximum Gasteiger partial charge on any atom is 0.344 e. The summed E-state index contributed by atoms with van der Waals surface area (Å²) in [7, 11) is 7.14. The summed E-state index contributed by atoms with van der Waals surface area (Å²) in [5.74, 6) is 0.0202. The van der Waals surface area contributed by atoms with Crippen LogP contribution in [0.2, 0.25) is 0 Å². The van der Waals surface area contributed by atoms with Gasteiger partial charge in [-0.2, -0.15) is 0 Å². The van der Waals surface area contributed by atoms with E-state index < -0.39 is 5.97 Å². The number of amides is 1. The van der Waals surface area contributed by atoms with Gasteiger partial charge in [0.15, 0.2) is 24.7 Å². The maximum absolute atomic E-state index is 12.3. The Balaban J connectivity index is 1.80. The first-order valence-electron chi connectivity index (χ1n) is 9.93. The highest BCUT2D eigenvalue weighted by atomic mass is 16.6. The number of carbonyl (C=O) groups excluding carboxylic acids is 2. The Morgan fingerprint density at radius 1 is 0.968 bits per heavy atom. The highest BCUT2D eigenvalue weighted by molar-refractivity contribution is 5.81. The van der Waals surface area contributed by atoms with Gasteiger partial charge in [-0.1, -0.05) is 30.4 Å². The first kappa shape index (κ1) is 23.8. The Morgan fingerprint density at radius 2 is 1.68 bits per heavy atom. The first-order chi connectivity index (χ1) is 14.8. The molecular weight excluding hydrogens is 396 g/mol. The molecule has 0 heterocycles. The molecule has 0 saturated carbocycles. The second kappa shape index (κ2) is 11.6. The lowest BCUT2D eigenvalue weighted by molar-refractivity contribution is -0.153. The van der Waals surface area contributed by atoms with Gasteiger partial charge < -0.3 is 24.0 Å². The summed E-state index contributed by atoms with van der Waals surface area (Å²) in [5, 5.41) is 0. The van der Waals surface area contributed by atoms with Crippen molar-refractivity contribution in [2.75, 3.05) is 46.4 Å². The van der Waals surface area contributed by atoms with Gasteiger partial charge in [-0.05, 0) is 42.3 Å². The fraction of sp³-hybridized carbons (Fsp3) is 0.333. The van der Waals surface area contributed by atoms with E-state index in [0.29, 0.717) is 18.0 Å². The predicted octanol–water partition coefficient (Wildman–Crippen LogP) is 3.37. The van der Waals surface area contributed by atoms with Gasteiger partial charge in [0, 0.05) is 33.4 Å². The van der Waals surface area contributed by atoms with Crippen LogP contribution in [0.3, 0.4) is 0 Å². The molecule has 0 radical (unpaired) electrons. The van der Waals surface area contributed by atoms with E-state index in [1.165, 1.54) is 12.0 Å². The number of hydrogen-bond acceptors (Lipinski definition) is 6. The van der Waals surface area contributed by atoms with Crippen LogP contribution >= 0.6 is 0 Å². The molecule has 0 aliphatic heterocycles. The maximum atomic E-state index is 12.3. The Bertz CT molecular complexity index is 907. The summed E-state index contributed by atoms with van der Waals surface area (Å²) >= 11 is 0. The Hall–Kier alpha value is -3.48. The van der Waals surface area contributed by atoms with Gasteiger partial charge in [0.05, 0.1) is 7.11 Å². The molecule has 2 rings (SSSR count). The van der Waals surface area contributed by atoms with E-state index in [1.54, 1.807) is 13.1 Å². The largest absolute Gasteiger partial charge is 0.493 e. The standard InChI is InChI=1S/C24H30N2O5/c1-6-7-18-10-13-21(22(14-18)29-5)30-17-24(28)31-16-23(27)26(4)15-19-8-11-20(12-9-19)25(2)3/h6-14H,15-17H2,1-5H3/b7-6+. The molecule has 0 N–H and O–H groups in total. The molecule has 7 nitrogen and oxygen atoms in total. The molecule has 0 unspecified atom stereocenters. The second-order valence-corrected chi connectivity index (χ2v) is 7.17. The zero-order valence-corrected chi connectivity index (χ0v) is 18.8. The SMILES string of the molecule is C/C=C/c1ccc(OCC(=O)OCC(=O)N(C)Cc2ccc(N(C)C)cc2)c(OC)c1. The molecule has 0 aliphatic carbocycles. The van der Waals surface area contributed by atoms with E-state index in [0.717, 1.165) is 16.8 Å². The summed E-state index contributed by atoms with van der Waals surface area (Å²) in [6, 6.07) is 13.3. The van der Waals surface area contributed by atoms with Gasteiger partial charge in [0.2, 0.25) is 0 Å². The number of rotatable bonds is 10. The van der Waals surface area contributed by atoms with Crippen LogP contribution < -0.4 is 14.4 Å². The molecule has 2 aromatic carbocycles. The lowest BCUT2D eigenvalue weighted by atomic mass is 10.2. The number of benzene rings is 2. The van der Waals surface area contributed by atoms with Crippen molar-refractivity contribution < 1.29 is 23.8 Å². The molecule has 0 spiro atoms. The van der Waals surface area contributed by atoms with Crippen molar-refractivity contribution in [1.29, 1.82) is 0 Å². The molecule has 0 bridgehead atoms. The molecule has 166 valence electrons. The summed E-state index contributed by atoms with van der Waals surface area (Å²) in [6.45, 7) is 1.69. The van der Waals surface area contributed by atoms with Gasteiger partial charge in [-0.15, -0.1) is 0 Å². The van der Waals surface area contributed by atoms with Crippen LogP contribution in [0.25, 0.3) is 6.08 Å². The third kappa shape index (κ3) is 7.37. The van der Waals surface area contributed by atoms with Crippen molar-refractivity contribution in [3.63, 3.8) is 0 Å². The van der Waals surface area contributed by atoms with Crippen LogP contribution in [0, 0.1) is 0 Å². The molecule has 31 heavy (non-hydrogen) atoms. The van der Waals surface area contributed by atoms with E-state index in [4.69, 9.17) is 14.2 Å². The summed E-state index contributed by atoms with van der Waals surface area (Å²) in [6.07, 6.45) is 3.85. The average Bonchev–Trinajstić information content (AvgIpc) is 2.76. The number of anilines is 1. The predicted molar refractivity (Wildman–Crippen MR) is 121 cm³/mol. The Labute approximate surface area is 183 Å². The zero-order chi connectivity index (χ0) is 22.8. The zero-order valence-electron chi connectivity index (χ0n) is 18.8. The summed E-state index contributed by atoms with van der Waals surface area (Å²) in [4.78, 5) is 27.8. The van der Waals surface area contributed by atoms with Crippen molar-refractivity contribution >= 4 is 23.6 Å². The Morgan fingerprint density at radius 3 is 2.29 bits per heavy atom. The number of hydrogen-bond donors (Lipinski definition) is 0. The first-order valence-corrected chi connectivity index (χ1v) is 9.93. The third-order valence-corrected chi connectivity index (χ3v) is 4.55. The highest BCUT2D eigenvalue weighted by Crippen LogP contribution is 2.28. The number of esters is 1. The van der Waals surface area contributed by atoms with Gasteiger partial charge >= 0.3 is 5.97 Å². The van der Waals surface area contributed by atoms with Crippen LogP contribution in [0.4, 0.5) is 5.69 Å². The van der Waals surface area contributed by atoms with Crippen LogP contribution in [0.5, 0.6) is 11.5 Å². The third-order valence-electron chi connectivity index (χ3n) is 4.55. The molecule has 0 fully saturated rings.